The van der Waals surface area contributed by atoms with Crippen LogP contribution in [-0.2, 0) is 17.8 Å². The minimum Gasteiger partial charge on any atom is -0.421 e. The van der Waals surface area contributed by atoms with E-state index in [0.29, 0.717) is 37.8 Å². The van der Waals surface area contributed by atoms with Gasteiger partial charge >= 0.3 is 0 Å². The zero-order chi connectivity index (χ0) is 21.2. The summed E-state index contributed by atoms with van der Waals surface area (Å²) in [6.45, 7) is 5.25. The van der Waals surface area contributed by atoms with Crippen molar-refractivity contribution in [3.8, 4) is 11.5 Å². The molecule has 8 nitrogen and oxygen atoms in total. The topological polar surface area (TPSA) is 80.3 Å². The lowest BCUT2D eigenvalue weighted by atomic mass is 10.1. The highest BCUT2D eigenvalue weighted by Crippen LogP contribution is 2.25. The second-order valence-electron chi connectivity index (χ2n) is 7.63. The van der Waals surface area contributed by atoms with Crippen molar-refractivity contribution in [2.75, 3.05) is 31.1 Å². The van der Waals surface area contributed by atoms with E-state index in [9.17, 15) is 4.79 Å². The van der Waals surface area contributed by atoms with Gasteiger partial charge in [-0.1, -0.05) is 19.1 Å². The summed E-state index contributed by atoms with van der Waals surface area (Å²) in [6, 6.07) is 13.9. The first-order chi connectivity index (χ1) is 15.2. The monoisotopic (exact) mass is 416 g/mol. The van der Waals surface area contributed by atoms with Crippen LogP contribution >= 0.6 is 0 Å². The summed E-state index contributed by atoms with van der Waals surface area (Å²) in [7, 11) is 0. The number of hydrogen-bond acceptors (Lipinski definition) is 6. The van der Waals surface area contributed by atoms with Gasteiger partial charge in [0.25, 0.3) is 0 Å². The van der Waals surface area contributed by atoms with Crippen LogP contribution in [-0.4, -0.2) is 56.7 Å². The van der Waals surface area contributed by atoms with Crippen LogP contribution < -0.4 is 4.90 Å². The number of piperazine rings is 1. The summed E-state index contributed by atoms with van der Waals surface area (Å²) in [5.41, 5.74) is 1.84. The maximum absolute atomic E-state index is 13.0. The maximum Gasteiger partial charge on any atom is 0.247 e. The lowest BCUT2D eigenvalue weighted by Gasteiger charge is -2.35. The van der Waals surface area contributed by atoms with Crippen LogP contribution in [0, 0.1) is 0 Å². The van der Waals surface area contributed by atoms with Gasteiger partial charge in [-0.05, 0) is 35.7 Å². The maximum atomic E-state index is 13.0. The fourth-order valence-corrected chi connectivity index (χ4v) is 3.94. The number of aromatic nitrogens is 4. The third-order valence-electron chi connectivity index (χ3n) is 5.70. The molecule has 5 rings (SSSR count). The molecule has 1 fully saturated rings. The van der Waals surface area contributed by atoms with Crippen molar-refractivity contribution in [2.45, 2.75) is 19.9 Å². The van der Waals surface area contributed by atoms with Gasteiger partial charge < -0.3 is 18.8 Å². The molecule has 4 aromatic rings. The lowest BCUT2D eigenvalue weighted by Crippen LogP contribution is -2.49. The Labute approximate surface area is 180 Å². The number of fused-ring (bicyclic) bond motifs is 1. The van der Waals surface area contributed by atoms with E-state index in [1.165, 1.54) is 0 Å². The molecule has 0 spiro atoms. The first-order valence-corrected chi connectivity index (χ1v) is 10.6. The number of amides is 1. The van der Waals surface area contributed by atoms with Gasteiger partial charge in [0.05, 0.1) is 0 Å². The standard InChI is InChI=1S/C23H24N6O2/c1-2-21-25-26-23(31-21)18-7-6-17-8-10-29(19(17)15-18)16-22(30)28-13-11-27(12-14-28)20-5-3-4-9-24-20/h3-10,15H,2,11-14,16H2,1H3. The van der Waals surface area contributed by atoms with Gasteiger partial charge in [-0.15, -0.1) is 10.2 Å². The van der Waals surface area contributed by atoms with Crippen molar-refractivity contribution in [3.05, 3.63) is 60.7 Å². The minimum absolute atomic E-state index is 0.120. The molecule has 0 saturated carbocycles. The number of rotatable bonds is 5. The predicted molar refractivity (Wildman–Crippen MR) is 118 cm³/mol. The van der Waals surface area contributed by atoms with Gasteiger partial charge in [0.2, 0.25) is 17.7 Å². The van der Waals surface area contributed by atoms with Crippen LogP contribution in [0.15, 0.2) is 59.3 Å². The van der Waals surface area contributed by atoms with E-state index in [1.807, 2.05) is 65.1 Å². The largest absolute Gasteiger partial charge is 0.421 e. The van der Waals surface area contributed by atoms with Gasteiger partial charge in [-0.3, -0.25) is 4.79 Å². The molecule has 1 saturated heterocycles. The Morgan fingerprint density at radius 3 is 2.68 bits per heavy atom. The average Bonchev–Trinajstić information content (AvgIpc) is 3.47. The summed E-state index contributed by atoms with van der Waals surface area (Å²) in [4.78, 5) is 21.5. The van der Waals surface area contributed by atoms with Crippen molar-refractivity contribution in [1.29, 1.82) is 0 Å². The van der Waals surface area contributed by atoms with E-state index in [-0.39, 0.29) is 5.91 Å². The molecule has 0 bridgehead atoms. The Hall–Kier alpha value is -3.68. The predicted octanol–water partition coefficient (Wildman–Crippen LogP) is 3.00. The third-order valence-corrected chi connectivity index (χ3v) is 5.70. The van der Waals surface area contributed by atoms with E-state index in [2.05, 4.69) is 20.1 Å². The van der Waals surface area contributed by atoms with Gasteiger partial charge in [0, 0.05) is 56.1 Å². The Balaban J connectivity index is 1.29. The van der Waals surface area contributed by atoms with Gasteiger partial charge in [-0.2, -0.15) is 0 Å². The number of carbonyl (C=O) groups is 1. The van der Waals surface area contributed by atoms with Gasteiger partial charge in [0.15, 0.2) is 0 Å². The molecule has 1 aliphatic heterocycles. The van der Waals surface area contributed by atoms with Crippen LogP contribution in [0.4, 0.5) is 5.82 Å². The molecule has 1 amide bonds. The highest BCUT2D eigenvalue weighted by atomic mass is 16.4. The number of carbonyl (C=O) groups excluding carboxylic acids is 1. The number of nitrogens with zero attached hydrogens (tertiary/aromatic N) is 6. The molecule has 3 aromatic heterocycles. The number of pyridine rings is 1. The fraction of sp³-hybridized carbons (Fsp3) is 0.304. The van der Waals surface area contributed by atoms with E-state index in [1.54, 1.807) is 6.20 Å². The zero-order valence-corrected chi connectivity index (χ0v) is 17.4. The minimum atomic E-state index is 0.120. The van der Waals surface area contributed by atoms with Gasteiger partial charge in [-0.25, -0.2) is 4.98 Å². The quantitative estimate of drug-likeness (QED) is 0.498. The zero-order valence-electron chi connectivity index (χ0n) is 17.4. The molecule has 8 heteroatoms. The van der Waals surface area contributed by atoms with E-state index >= 15 is 0 Å². The van der Waals surface area contributed by atoms with Crippen LogP contribution in [0.5, 0.6) is 0 Å². The Bertz CT molecular complexity index is 1190. The summed E-state index contributed by atoms with van der Waals surface area (Å²) in [5.74, 6) is 2.20. The Kier molecular flexibility index (Phi) is 5.11. The highest BCUT2D eigenvalue weighted by molar-refractivity contribution is 5.86. The van der Waals surface area contributed by atoms with E-state index < -0.39 is 0 Å². The van der Waals surface area contributed by atoms with Crippen LogP contribution in [0.25, 0.3) is 22.4 Å². The molecule has 31 heavy (non-hydrogen) atoms. The molecule has 0 radical (unpaired) electrons. The van der Waals surface area contributed by atoms with Crippen molar-refractivity contribution in [1.82, 2.24) is 24.6 Å². The smallest absolute Gasteiger partial charge is 0.247 e. The van der Waals surface area contributed by atoms with E-state index in [0.717, 1.165) is 35.4 Å². The van der Waals surface area contributed by atoms with Crippen LogP contribution in [0.3, 0.4) is 0 Å². The number of hydrogen-bond donors (Lipinski definition) is 0. The Morgan fingerprint density at radius 1 is 1.06 bits per heavy atom. The van der Waals surface area contributed by atoms with Crippen LogP contribution in [0.2, 0.25) is 0 Å². The lowest BCUT2D eigenvalue weighted by molar-refractivity contribution is -0.132. The second-order valence-corrected chi connectivity index (χ2v) is 7.63. The molecule has 0 atom stereocenters. The number of anilines is 1. The summed E-state index contributed by atoms with van der Waals surface area (Å²) in [5, 5.41) is 9.26. The van der Waals surface area contributed by atoms with Crippen molar-refractivity contribution < 1.29 is 9.21 Å². The number of benzene rings is 1. The fourth-order valence-electron chi connectivity index (χ4n) is 3.94. The van der Waals surface area contributed by atoms with Gasteiger partial charge in [0.1, 0.15) is 12.4 Å². The molecule has 0 N–H and O–H groups in total. The van der Waals surface area contributed by atoms with Crippen molar-refractivity contribution in [3.63, 3.8) is 0 Å². The molecule has 0 aliphatic carbocycles. The summed E-state index contributed by atoms with van der Waals surface area (Å²) in [6.07, 6.45) is 4.46. The highest BCUT2D eigenvalue weighted by Gasteiger charge is 2.22. The molecular weight excluding hydrogens is 392 g/mol. The molecular formula is C23H24N6O2. The molecule has 158 valence electrons. The third kappa shape index (κ3) is 3.88. The summed E-state index contributed by atoms with van der Waals surface area (Å²) >= 11 is 0. The van der Waals surface area contributed by atoms with Crippen molar-refractivity contribution in [2.24, 2.45) is 0 Å². The SMILES string of the molecule is CCc1nnc(-c2ccc3ccn(CC(=O)N4CCN(c5ccccn5)CC4)c3c2)o1. The number of aryl methyl sites for hydroxylation is 1. The average molecular weight is 416 g/mol. The normalized spacial score (nSPS) is 14.4. The van der Waals surface area contributed by atoms with Crippen LogP contribution in [0.1, 0.15) is 12.8 Å². The van der Waals surface area contributed by atoms with E-state index in [4.69, 9.17) is 4.42 Å². The molecule has 1 aromatic carbocycles. The van der Waals surface area contributed by atoms with Crippen molar-refractivity contribution >= 4 is 22.6 Å². The first kappa shape index (κ1) is 19.3. The second kappa shape index (κ2) is 8.22. The molecule has 1 aliphatic rings. The summed E-state index contributed by atoms with van der Waals surface area (Å²) < 4.78 is 7.68. The molecule has 4 heterocycles. The first-order valence-electron chi connectivity index (χ1n) is 10.6. The molecule has 0 unspecified atom stereocenters. The Morgan fingerprint density at radius 2 is 1.94 bits per heavy atom.